The number of rotatable bonds is 4. The van der Waals surface area contributed by atoms with E-state index in [9.17, 15) is 9.50 Å². The van der Waals surface area contributed by atoms with E-state index in [1.807, 2.05) is 6.07 Å². The highest BCUT2D eigenvalue weighted by atomic mass is 79.9. The molecule has 0 unspecified atom stereocenters. The van der Waals surface area contributed by atoms with E-state index in [1.54, 1.807) is 0 Å². The third-order valence-electron chi connectivity index (χ3n) is 4.26. The van der Waals surface area contributed by atoms with Gasteiger partial charge in [0.15, 0.2) is 11.6 Å². The summed E-state index contributed by atoms with van der Waals surface area (Å²) in [5.74, 6) is 0.0130. The van der Waals surface area contributed by atoms with Crippen LogP contribution in [0.1, 0.15) is 30.9 Å². The molecule has 0 aromatic heterocycles. The molecule has 20 heavy (non-hydrogen) atoms. The SMILES string of the molecule is Oc1c(F)cc(Br)cc1[C@H](CC1CC1)N1CCNCC1. The Morgan fingerprint density at radius 2 is 2.05 bits per heavy atom. The summed E-state index contributed by atoms with van der Waals surface area (Å²) in [6.07, 6.45) is 3.54. The van der Waals surface area contributed by atoms with Gasteiger partial charge in [-0.1, -0.05) is 28.8 Å². The molecule has 1 aromatic carbocycles. The Labute approximate surface area is 127 Å². The van der Waals surface area contributed by atoms with Gasteiger partial charge in [-0.3, -0.25) is 4.90 Å². The van der Waals surface area contributed by atoms with E-state index in [4.69, 9.17) is 0 Å². The summed E-state index contributed by atoms with van der Waals surface area (Å²) in [5, 5.41) is 13.5. The van der Waals surface area contributed by atoms with Gasteiger partial charge in [-0.15, -0.1) is 0 Å². The number of hydrogen-bond donors (Lipinski definition) is 2. The van der Waals surface area contributed by atoms with Crippen molar-refractivity contribution in [3.05, 3.63) is 28.0 Å². The van der Waals surface area contributed by atoms with Gasteiger partial charge in [0, 0.05) is 42.3 Å². The van der Waals surface area contributed by atoms with Crippen LogP contribution >= 0.6 is 15.9 Å². The van der Waals surface area contributed by atoms with E-state index >= 15 is 0 Å². The molecule has 1 heterocycles. The summed E-state index contributed by atoms with van der Waals surface area (Å²) in [4.78, 5) is 2.37. The number of aromatic hydroxyl groups is 1. The van der Waals surface area contributed by atoms with Gasteiger partial charge in [-0.2, -0.15) is 0 Å². The lowest BCUT2D eigenvalue weighted by Crippen LogP contribution is -2.45. The van der Waals surface area contributed by atoms with Crippen LogP contribution in [-0.2, 0) is 0 Å². The molecule has 1 saturated heterocycles. The number of nitrogens with zero attached hydrogens (tertiary/aromatic N) is 1. The molecule has 110 valence electrons. The maximum atomic E-state index is 13.8. The van der Waals surface area contributed by atoms with Gasteiger partial charge in [0.1, 0.15) is 0 Å². The van der Waals surface area contributed by atoms with Gasteiger partial charge < -0.3 is 10.4 Å². The van der Waals surface area contributed by atoms with E-state index in [1.165, 1.54) is 18.9 Å². The molecule has 0 radical (unpaired) electrons. The molecule has 0 amide bonds. The molecular formula is C15H20BrFN2O. The summed E-state index contributed by atoms with van der Waals surface area (Å²) in [5.41, 5.74) is 0.727. The molecule has 3 nitrogen and oxygen atoms in total. The molecule has 3 rings (SSSR count). The van der Waals surface area contributed by atoms with Crippen molar-refractivity contribution in [1.82, 2.24) is 10.2 Å². The molecule has 0 bridgehead atoms. The second-order valence-corrected chi connectivity index (χ2v) is 6.72. The molecule has 0 spiro atoms. The van der Waals surface area contributed by atoms with E-state index in [-0.39, 0.29) is 11.8 Å². The second-order valence-electron chi connectivity index (χ2n) is 5.81. The van der Waals surface area contributed by atoms with Crippen LogP contribution in [0.2, 0.25) is 0 Å². The first-order valence-corrected chi connectivity index (χ1v) is 8.07. The Bertz CT molecular complexity index is 487. The fourth-order valence-electron chi connectivity index (χ4n) is 2.98. The van der Waals surface area contributed by atoms with Crippen molar-refractivity contribution in [3.63, 3.8) is 0 Å². The molecule has 1 saturated carbocycles. The number of phenols is 1. The topological polar surface area (TPSA) is 35.5 Å². The molecule has 2 fully saturated rings. The van der Waals surface area contributed by atoms with E-state index in [2.05, 4.69) is 26.1 Å². The zero-order valence-corrected chi connectivity index (χ0v) is 13.0. The number of nitrogens with one attached hydrogen (secondary N) is 1. The molecular weight excluding hydrogens is 323 g/mol. The molecule has 2 aliphatic rings. The molecule has 5 heteroatoms. The predicted octanol–water partition coefficient (Wildman–Crippen LogP) is 3.04. The predicted molar refractivity (Wildman–Crippen MR) is 80.3 cm³/mol. The van der Waals surface area contributed by atoms with Gasteiger partial charge in [-0.05, 0) is 24.5 Å². The van der Waals surface area contributed by atoms with Gasteiger partial charge in [0.05, 0.1) is 0 Å². The number of halogens is 2. The van der Waals surface area contributed by atoms with Crippen molar-refractivity contribution < 1.29 is 9.50 Å². The largest absolute Gasteiger partial charge is 0.505 e. The minimum absolute atomic E-state index is 0.122. The summed E-state index contributed by atoms with van der Waals surface area (Å²) >= 11 is 3.34. The molecule has 1 aromatic rings. The van der Waals surface area contributed by atoms with Crippen LogP contribution in [0.4, 0.5) is 4.39 Å². The lowest BCUT2D eigenvalue weighted by Gasteiger charge is -2.35. The van der Waals surface area contributed by atoms with Crippen LogP contribution in [0.3, 0.4) is 0 Å². The third-order valence-corrected chi connectivity index (χ3v) is 4.72. The fraction of sp³-hybridized carbons (Fsp3) is 0.600. The minimum atomic E-state index is -0.537. The summed E-state index contributed by atoms with van der Waals surface area (Å²) in [6.45, 7) is 3.81. The molecule has 1 aliphatic carbocycles. The van der Waals surface area contributed by atoms with Crippen LogP contribution in [0, 0.1) is 11.7 Å². The number of benzene rings is 1. The number of piperazine rings is 1. The van der Waals surface area contributed by atoms with E-state index in [0.29, 0.717) is 4.47 Å². The third kappa shape index (κ3) is 3.15. The van der Waals surface area contributed by atoms with Gasteiger partial charge in [0.2, 0.25) is 0 Å². The van der Waals surface area contributed by atoms with Gasteiger partial charge >= 0.3 is 0 Å². The van der Waals surface area contributed by atoms with Crippen LogP contribution in [-0.4, -0.2) is 36.2 Å². The molecule has 1 atom stereocenters. The Hall–Kier alpha value is -0.650. The first-order chi connectivity index (χ1) is 9.65. The van der Waals surface area contributed by atoms with E-state index in [0.717, 1.165) is 44.1 Å². The minimum Gasteiger partial charge on any atom is -0.505 e. The highest BCUT2D eigenvalue weighted by Crippen LogP contribution is 2.43. The van der Waals surface area contributed by atoms with Crippen molar-refractivity contribution in [2.45, 2.75) is 25.3 Å². The maximum absolute atomic E-state index is 13.8. The van der Waals surface area contributed by atoms with Crippen LogP contribution < -0.4 is 5.32 Å². The lowest BCUT2D eigenvalue weighted by atomic mass is 9.97. The standard InChI is InChI=1S/C15H20BrFN2O/c16-11-8-12(15(20)13(17)9-11)14(7-10-1-2-10)19-5-3-18-4-6-19/h8-10,14,18,20H,1-7H2/t14-/m0/s1. The fourth-order valence-corrected chi connectivity index (χ4v) is 3.42. The van der Waals surface area contributed by atoms with Gasteiger partial charge in [0.25, 0.3) is 0 Å². The van der Waals surface area contributed by atoms with Crippen LogP contribution in [0.25, 0.3) is 0 Å². The number of hydrogen-bond acceptors (Lipinski definition) is 3. The van der Waals surface area contributed by atoms with Crippen LogP contribution in [0.5, 0.6) is 5.75 Å². The highest BCUT2D eigenvalue weighted by molar-refractivity contribution is 9.10. The van der Waals surface area contributed by atoms with Crippen LogP contribution in [0.15, 0.2) is 16.6 Å². The van der Waals surface area contributed by atoms with Crippen molar-refractivity contribution >= 4 is 15.9 Å². The average molecular weight is 343 g/mol. The highest BCUT2D eigenvalue weighted by Gasteiger charge is 2.32. The summed E-state index contributed by atoms with van der Waals surface area (Å²) < 4.78 is 14.5. The Kier molecular flexibility index (Phi) is 4.29. The van der Waals surface area contributed by atoms with E-state index < -0.39 is 5.82 Å². The monoisotopic (exact) mass is 342 g/mol. The zero-order valence-electron chi connectivity index (χ0n) is 11.4. The first-order valence-electron chi connectivity index (χ1n) is 7.28. The quantitative estimate of drug-likeness (QED) is 0.882. The van der Waals surface area contributed by atoms with Crippen molar-refractivity contribution in [2.75, 3.05) is 26.2 Å². The summed E-state index contributed by atoms with van der Waals surface area (Å²) in [6, 6.07) is 3.31. The zero-order chi connectivity index (χ0) is 14.1. The smallest absolute Gasteiger partial charge is 0.166 e. The summed E-state index contributed by atoms with van der Waals surface area (Å²) in [7, 11) is 0. The molecule has 1 aliphatic heterocycles. The Morgan fingerprint density at radius 1 is 1.35 bits per heavy atom. The van der Waals surface area contributed by atoms with Crippen molar-refractivity contribution in [1.29, 1.82) is 0 Å². The normalized spacial score (nSPS) is 21.9. The Balaban J connectivity index is 1.90. The maximum Gasteiger partial charge on any atom is 0.166 e. The first kappa shape index (κ1) is 14.3. The van der Waals surface area contributed by atoms with Crippen molar-refractivity contribution in [3.8, 4) is 5.75 Å². The lowest BCUT2D eigenvalue weighted by molar-refractivity contribution is 0.157. The van der Waals surface area contributed by atoms with Crippen molar-refractivity contribution in [2.24, 2.45) is 5.92 Å². The average Bonchev–Trinajstić information content (AvgIpc) is 3.25. The second kappa shape index (κ2) is 6.00. The van der Waals surface area contributed by atoms with Gasteiger partial charge in [-0.25, -0.2) is 4.39 Å². The Morgan fingerprint density at radius 3 is 2.70 bits per heavy atom. The molecule has 2 N–H and O–H groups in total. The number of phenolic OH excluding ortho intramolecular Hbond substituents is 1.